The summed E-state index contributed by atoms with van der Waals surface area (Å²) in [7, 11) is 0. The van der Waals surface area contributed by atoms with Gasteiger partial charge >= 0.3 is 0 Å². The van der Waals surface area contributed by atoms with Crippen molar-refractivity contribution in [2.24, 2.45) is 5.92 Å². The van der Waals surface area contributed by atoms with E-state index in [9.17, 15) is 9.59 Å². The number of thiophene rings is 1. The molecule has 2 heterocycles. The van der Waals surface area contributed by atoms with Crippen molar-refractivity contribution in [1.29, 1.82) is 0 Å². The molecule has 0 spiro atoms. The molecule has 0 radical (unpaired) electrons. The Morgan fingerprint density at radius 2 is 1.89 bits per heavy atom. The van der Waals surface area contributed by atoms with Crippen LogP contribution in [0.2, 0.25) is 0 Å². The Bertz CT molecular complexity index is 725. The number of hydrogen-bond donors (Lipinski definition) is 3. The van der Waals surface area contributed by atoms with E-state index in [1.807, 2.05) is 43.3 Å². The third-order valence-corrected chi connectivity index (χ3v) is 6.23. The summed E-state index contributed by atoms with van der Waals surface area (Å²) < 4.78 is 0. The lowest BCUT2D eigenvalue weighted by molar-refractivity contribution is -0.919. The molecular formula is C21H28N3O2S+. The van der Waals surface area contributed by atoms with Crippen LogP contribution < -0.4 is 15.5 Å². The highest BCUT2D eigenvalue weighted by atomic mass is 32.1. The molecule has 1 aromatic heterocycles. The highest BCUT2D eigenvalue weighted by molar-refractivity contribution is 7.09. The van der Waals surface area contributed by atoms with Crippen molar-refractivity contribution in [1.82, 2.24) is 5.32 Å². The normalized spacial score (nSPS) is 20.6. The van der Waals surface area contributed by atoms with Crippen molar-refractivity contribution in [3.63, 3.8) is 0 Å². The molecule has 3 N–H and O–H groups in total. The number of piperidine rings is 1. The van der Waals surface area contributed by atoms with Crippen LogP contribution in [0, 0.1) is 5.92 Å². The SMILES string of the molecule is C[C@@H](C(=O)NCCc1cccs1)[NH+]1CCC(C(=O)Nc2ccccc2)CC1. The lowest BCUT2D eigenvalue weighted by Gasteiger charge is -2.32. The molecule has 0 aliphatic carbocycles. The van der Waals surface area contributed by atoms with Crippen LogP contribution in [0.5, 0.6) is 0 Å². The van der Waals surface area contributed by atoms with E-state index in [0.29, 0.717) is 6.54 Å². The number of carbonyl (C=O) groups excluding carboxylic acids is 2. The first-order chi connectivity index (χ1) is 13.1. The fourth-order valence-corrected chi connectivity index (χ4v) is 4.26. The minimum absolute atomic E-state index is 0.0306. The zero-order valence-electron chi connectivity index (χ0n) is 15.7. The van der Waals surface area contributed by atoms with Gasteiger partial charge in [0, 0.05) is 35.9 Å². The minimum atomic E-state index is -0.0773. The maximum absolute atomic E-state index is 12.4. The van der Waals surface area contributed by atoms with Crippen molar-refractivity contribution in [2.75, 3.05) is 25.0 Å². The maximum Gasteiger partial charge on any atom is 0.278 e. The molecule has 1 aliphatic rings. The molecule has 6 heteroatoms. The monoisotopic (exact) mass is 386 g/mol. The molecule has 1 atom stereocenters. The molecule has 144 valence electrons. The van der Waals surface area contributed by atoms with Crippen molar-refractivity contribution in [2.45, 2.75) is 32.2 Å². The Morgan fingerprint density at radius 1 is 1.15 bits per heavy atom. The number of likely N-dealkylation sites (tertiary alicyclic amines) is 1. The van der Waals surface area contributed by atoms with Gasteiger partial charge in [-0.15, -0.1) is 11.3 Å². The van der Waals surface area contributed by atoms with Crippen LogP contribution in [0.3, 0.4) is 0 Å². The highest BCUT2D eigenvalue weighted by Crippen LogP contribution is 2.14. The topological polar surface area (TPSA) is 62.6 Å². The number of carbonyl (C=O) groups is 2. The molecule has 1 saturated heterocycles. The van der Waals surface area contributed by atoms with Gasteiger partial charge in [-0.1, -0.05) is 24.3 Å². The highest BCUT2D eigenvalue weighted by Gasteiger charge is 2.32. The van der Waals surface area contributed by atoms with E-state index in [1.165, 1.54) is 9.78 Å². The van der Waals surface area contributed by atoms with Gasteiger partial charge in [-0.2, -0.15) is 0 Å². The van der Waals surface area contributed by atoms with Gasteiger partial charge in [-0.05, 0) is 36.9 Å². The van der Waals surface area contributed by atoms with E-state index in [2.05, 4.69) is 22.1 Å². The van der Waals surface area contributed by atoms with Crippen molar-refractivity contribution >= 4 is 28.8 Å². The minimum Gasteiger partial charge on any atom is -0.351 e. The third kappa shape index (κ3) is 5.65. The van der Waals surface area contributed by atoms with Crippen molar-refractivity contribution in [3.05, 3.63) is 52.7 Å². The molecule has 2 aromatic rings. The van der Waals surface area contributed by atoms with Crippen LogP contribution in [-0.4, -0.2) is 37.5 Å². The van der Waals surface area contributed by atoms with E-state index in [1.54, 1.807) is 11.3 Å². The summed E-state index contributed by atoms with van der Waals surface area (Å²) in [5.74, 6) is 0.227. The van der Waals surface area contributed by atoms with Crippen LogP contribution in [0.1, 0.15) is 24.6 Å². The van der Waals surface area contributed by atoms with E-state index in [4.69, 9.17) is 0 Å². The third-order valence-electron chi connectivity index (χ3n) is 5.30. The summed E-state index contributed by atoms with van der Waals surface area (Å²) in [6.07, 6.45) is 2.52. The van der Waals surface area contributed by atoms with Gasteiger partial charge < -0.3 is 15.5 Å². The standard InChI is InChI=1S/C21H27N3O2S/c1-16(20(25)22-12-9-19-8-5-15-27-19)24-13-10-17(11-14-24)21(26)23-18-6-3-2-4-7-18/h2-8,15-17H,9-14H2,1H3,(H,22,25)(H,23,26)/p+1/t16-/m0/s1. The fourth-order valence-electron chi connectivity index (χ4n) is 3.55. The predicted molar refractivity (Wildman–Crippen MR) is 109 cm³/mol. The molecule has 2 amide bonds. The average Bonchev–Trinajstić information content (AvgIpc) is 3.21. The Hall–Kier alpha value is -2.18. The number of rotatable bonds is 7. The largest absolute Gasteiger partial charge is 0.351 e. The van der Waals surface area contributed by atoms with E-state index < -0.39 is 0 Å². The number of quaternary nitrogens is 1. The zero-order valence-corrected chi connectivity index (χ0v) is 16.6. The van der Waals surface area contributed by atoms with E-state index in [0.717, 1.165) is 38.0 Å². The molecule has 3 rings (SSSR count). The van der Waals surface area contributed by atoms with Crippen LogP contribution in [-0.2, 0) is 16.0 Å². The quantitative estimate of drug-likeness (QED) is 0.679. The smallest absolute Gasteiger partial charge is 0.278 e. The molecule has 5 nitrogen and oxygen atoms in total. The number of para-hydroxylation sites is 1. The number of anilines is 1. The lowest BCUT2D eigenvalue weighted by atomic mass is 9.94. The molecule has 0 unspecified atom stereocenters. The van der Waals surface area contributed by atoms with E-state index in [-0.39, 0.29) is 23.8 Å². The first kappa shape index (κ1) is 19.6. The van der Waals surface area contributed by atoms with Gasteiger partial charge in [0.2, 0.25) is 5.91 Å². The Labute approximate surface area is 164 Å². The van der Waals surface area contributed by atoms with Gasteiger partial charge in [-0.25, -0.2) is 0 Å². The number of amides is 2. The summed E-state index contributed by atoms with van der Waals surface area (Å²) in [5.41, 5.74) is 0.843. The predicted octanol–water partition coefficient (Wildman–Crippen LogP) is 1.73. The molecule has 0 saturated carbocycles. The Morgan fingerprint density at radius 3 is 2.56 bits per heavy atom. The molecule has 1 aromatic carbocycles. The van der Waals surface area contributed by atoms with Crippen LogP contribution >= 0.6 is 11.3 Å². The second-order valence-corrected chi connectivity index (χ2v) is 8.16. The summed E-state index contributed by atoms with van der Waals surface area (Å²) >= 11 is 1.72. The first-order valence-corrected chi connectivity index (χ1v) is 10.5. The Balaban J connectivity index is 1.39. The second-order valence-electron chi connectivity index (χ2n) is 7.13. The number of benzene rings is 1. The van der Waals surface area contributed by atoms with E-state index >= 15 is 0 Å². The van der Waals surface area contributed by atoms with Crippen LogP contribution in [0.25, 0.3) is 0 Å². The van der Waals surface area contributed by atoms with Crippen molar-refractivity contribution in [3.8, 4) is 0 Å². The fraction of sp³-hybridized carbons (Fsp3) is 0.429. The van der Waals surface area contributed by atoms with Crippen molar-refractivity contribution < 1.29 is 14.5 Å². The molecule has 1 aliphatic heterocycles. The second kappa shape index (κ2) is 9.67. The van der Waals surface area contributed by atoms with Gasteiger partial charge in [0.05, 0.1) is 13.1 Å². The van der Waals surface area contributed by atoms with Gasteiger partial charge in [0.1, 0.15) is 0 Å². The summed E-state index contributed by atoms with van der Waals surface area (Å²) in [6.45, 7) is 4.37. The van der Waals surface area contributed by atoms with Gasteiger partial charge in [0.15, 0.2) is 6.04 Å². The molecule has 0 bridgehead atoms. The first-order valence-electron chi connectivity index (χ1n) is 9.64. The zero-order chi connectivity index (χ0) is 19.1. The molecular weight excluding hydrogens is 358 g/mol. The van der Waals surface area contributed by atoms with Gasteiger partial charge in [-0.3, -0.25) is 9.59 Å². The average molecular weight is 387 g/mol. The molecule has 1 fully saturated rings. The molecule has 27 heavy (non-hydrogen) atoms. The summed E-state index contributed by atoms with van der Waals surface area (Å²) in [4.78, 5) is 27.4. The number of hydrogen-bond acceptors (Lipinski definition) is 3. The lowest BCUT2D eigenvalue weighted by Crippen LogP contribution is -3.17. The van der Waals surface area contributed by atoms with Gasteiger partial charge in [0.25, 0.3) is 5.91 Å². The maximum atomic E-state index is 12.4. The number of nitrogens with one attached hydrogen (secondary N) is 3. The van der Waals surface area contributed by atoms with Crippen LogP contribution in [0.15, 0.2) is 47.8 Å². The van der Waals surface area contributed by atoms with Crippen LogP contribution in [0.4, 0.5) is 5.69 Å². The summed E-state index contributed by atoms with van der Waals surface area (Å²) in [6, 6.07) is 13.6. The Kier molecular flexibility index (Phi) is 7.01. The summed E-state index contributed by atoms with van der Waals surface area (Å²) in [5, 5.41) is 8.10.